The molecule has 0 saturated heterocycles. The standard InChI is InChI=1S/C44H75O13P/c1-3-5-7-9-11-13-15-17-18-19-20-21-23-25-27-29-31-33-38(46)56-36(34-54-37(45)32-30-28-26-24-22-16-14-12-10-8-6-4-2)35-55-58(52,53)57-44-42(50)40(48)39(47)41(49)43(44)51/h7,9,12-15,18-19,21,23,36,39-44,47-51H,3-6,8,10-11,16-17,20,22,24-35H2,1-2H3,(H,52,53)/b9-7+,14-12+,15-13+,19-18+,23-21+/t36-,39?,40-,41?,42?,43?,44?/m1/s1. The van der Waals surface area contributed by atoms with Gasteiger partial charge in [-0.3, -0.25) is 18.6 Å². The summed E-state index contributed by atoms with van der Waals surface area (Å²) in [7, 11) is -5.13. The molecule has 0 bridgehead atoms. The van der Waals surface area contributed by atoms with E-state index in [0.29, 0.717) is 12.8 Å². The quantitative estimate of drug-likeness (QED) is 0.0159. The maximum Gasteiger partial charge on any atom is 0.472 e. The molecule has 14 heteroatoms. The van der Waals surface area contributed by atoms with Crippen molar-refractivity contribution in [1.29, 1.82) is 0 Å². The van der Waals surface area contributed by atoms with Gasteiger partial charge in [-0.25, -0.2) is 4.57 Å². The minimum absolute atomic E-state index is 0.0549. The molecule has 1 saturated carbocycles. The molecule has 1 aliphatic rings. The lowest BCUT2D eigenvalue weighted by Gasteiger charge is -2.41. The van der Waals surface area contributed by atoms with Gasteiger partial charge in [0.05, 0.1) is 6.61 Å². The molecule has 0 aromatic carbocycles. The molecule has 1 aliphatic carbocycles. The number of hydrogen-bond donors (Lipinski definition) is 6. The number of aliphatic hydroxyl groups excluding tert-OH is 5. The first-order chi connectivity index (χ1) is 27.9. The van der Waals surface area contributed by atoms with Crippen molar-refractivity contribution in [3.8, 4) is 0 Å². The molecular weight excluding hydrogens is 767 g/mol. The summed E-state index contributed by atoms with van der Waals surface area (Å²) < 4.78 is 33.4. The number of carbonyl (C=O) groups excluding carboxylic acids is 2. The fraction of sp³-hybridized carbons (Fsp3) is 0.727. The molecule has 6 unspecified atom stereocenters. The monoisotopic (exact) mass is 842 g/mol. The fourth-order valence-electron chi connectivity index (χ4n) is 6.04. The smallest absolute Gasteiger partial charge is 0.462 e. The van der Waals surface area contributed by atoms with Gasteiger partial charge in [-0.2, -0.15) is 0 Å². The van der Waals surface area contributed by atoms with Crippen LogP contribution in [0.2, 0.25) is 0 Å². The number of hydrogen-bond acceptors (Lipinski definition) is 12. The lowest BCUT2D eigenvalue weighted by atomic mass is 9.85. The lowest BCUT2D eigenvalue weighted by Crippen LogP contribution is -2.64. The van der Waals surface area contributed by atoms with Crippen LogP contribution in [0.15, 0.2) is 60.8 Å². The highest BCUT2D eigenvalue weighted by Crippen LogP contribution is 2.47. The van der Waals surface area contributed by atoms with E-state index in [1.807, 2.05) is 0 Å². The second-order valence-electron chi connectivity index (χ2n) is 14.8. The Kier molecular flexibility index (Phi) is 31.7. The van der Waals surface area contributed by atoms with Crippen molar-refractivity contribution in [2.75, 3.05) is 13.2 Å². The average molecular weight is 843 g/mol. The first kappa shape index (κ1) is 53.6. The van der Waals surface area contributed by atoms with E-state index >= 15 is 0 Å². The Bertz CT molecular complexity index is 1250. The maximum absolute atomic E-state index is 12.8. The van der Waals surface area contributed by atoms with E-state index < -0.39 is 75.7 Å². The summed E-state index contributed by atoms with van der Waals surface area (Å²) in [6.45, 7) is 3.15. The molecule has 0 aromatic rings. The summed E-state index contributed by atoms with van der Waals surface area (Å²) >= 11 is 0. The van der Waals surface area contributed by atoms with Gasteiger partial charge in [0.1, 0.15) is 43.2 Å². The van der Waals surface area contributed by atoms with E-state index in [-0.39, 0.29) is 12.8 Å². The molecule has 1 fully saturated rings. The van der Waals surface area contributed by atoms with Crippen LogP contribution < -0.4 is 0 Å². The van der Waals surface area contributed by atoms with E-state index in [2.05, 4.69) is 74.6 Å². The molecule has 0 aromatic heterocycles. The van der Waals surface area contributed by atoms with Gasteiger partial charge in [0.15, 0.2) is 6.10 Å². The van der Waals surface area contributed by atoms with Gasteiger partial charge in [-0.05, 0) is 77.0 Å². The van der Waals surface area contributed by atoms with Crippen molar-refractivity contribution in [3.05, 3.63) is 60.8 Å². The normalized spacial score (nSPS) is 23.1. The summed E-state index contributed by atoms with van der Waals surface area (Å²) in [5, 5.41) is 50.0. The van der Waals surface area contributed by atoms with Gasteiger partial charge < -0.3 is 39.9 Å². The largest absolute Gasteiger partial charge is 0.472 e. The van der Waals surface area contributed by atoms with Gasteiger partial charge in [0.25, 0.3) is 0 Å². The van der Waals surface area contributed by atoms with Crippen molar-refractivity contribution in [1.82, 2.24) is 0 Å². The molecular formula is C44H75O13P. The van der Waals surface area contributed by atoms with Crippen molar-refractivity contribution >= 4 is 19.8 Å². The fourth-order valence-corrected chi connectivity index (χ4v) is 7.01. The van der Waals surface area contributed by atoms with Crippen LogP contribution in [0.5, 0.6) is 0 Å². The first-order valence-electron chi connectivity index (χ1n) is 21.6. The van der Waals surface area contributed by atoms with Gasteiger partial charge in [-0.1, -0.05) is 120 Å². The molecule has 0 amide bonds. The van der Waals surface area contributed by atoms with Crippen LogP contribution in [0.25, 0.3) is 0 Å². The number of allylic oxidation sites excluding steroid dienone is 10. The Hall–Kier alpha value is -2.45. The van der Waals surface area contributed by atoms with Crippen LogP contribution >= 0.6 is 7.82 Å². The molecule has 0 aliphatic heterocycles. The summed E-state index contributed by atoms with van der Waals surface area (Å²) in [6.07, 6.45) is 27.1. The number of unbranched alkanes of at least 4 members (excludes halogenated alkanes) is 12. The third kappa shape index (κ3) is 26.6. The number of carbonyl (C=O) groups is 2. The number of esters is 2. The molecule has 0 radical (unpaired) electrons. The van der Waals surface area contributed by atoms with Crippen molar-refractivity contribution in [2.24, 2.45) is 0 Å². The summed E-state index contributed by atoms with van der Waals surface area (Å²) in [4.78, 5) is 35.6. The van der Waals surface area contributed by atoms with Crippen LogP contribution in [0, 0.1) is 0 Å². The van der Waals surface area contributed by atoms with Gasteiger partial charge >= 0.3 is 19.8 Å². The van der Waals surface area contributed by atoms with Gasteiger partial charge in [0.2, 0.25) is 0 Å². The molecule has 0 heterocycles. The van der Waals surface area contributed by atoms with Gasteiger partial charge in [-0.15, -0.1) is 0 Å². The second kappa shape index (κ2) is 34.3. The minimum Gasteiger partial charge on any atom is -0.462 e. The van der Waals surface area contributed by atoms with Crippen LogP contribution in [0.3, 0.4) is 0 Å². The molecule has 6 N–H and O–H groups in total. The topological polar surface area (TPSA) is 210 Å². The van der Waals surface area contributed by atoms with Gasteiger partial charge in [0, 0.05) is 12.8 Å². The molecule has 58 heavy (non-hydrogen) atoms. The Morgan fingerprint density at radius 3 is 1.52 bits per heavy atom. The van der Waals surface area contributed by atoms with Crippen molar-refractivity contribution < 1.29 is 63.1 Å². The van der Waals surface area contributed by atoms with Crippen LogP contribution in [-0.4, -0.2) is 98.3 Å². The number of aliphatic hydroxyl groups is 5. The average Bonchev–Trinajstić information content (AvgIpc) is 3.20. The van der Waals surface area contributed by atoms with E-state index in [4.69, 9.17) is 18.5 Å². The van der Waals surface area contributed by atoms with Crippen molar-refractivity contribution in [3.63, 3.8) is 0 Å². The highest BCUT2D eigenvalue weighted by molar-refractivity contribution is 7.47. The highest BCUT2D eigenvalue weighted by atomic mass is 31.2. The molecule has 13 nitrogen and oxygen atoms in total. The predicted molar refractivity (Wildman–Crippen MR) is 226 cm³/mol. The van der Waals surface area contributed by atoms with Crippen LogP contribution in [-0.2, 0) is 32.7 Å². The lowest BCUT2D eigenvalue weighted by molar-refractivity contribution is -0.220. The number of phosphoric acid groups is 1. The zero-order valence-electron chi connectivity index (χ0n) is 35.1. The van der Waals surface area contributed by atoms with E-state index in [1.54, 1.807) is 0 Å². The molecule has 1 rings (SSSR count). The Morgan fingerprint density at radius 2 is 0.966 bits per heavy atom. The zero-order valence-corrected chi connectivity index (χ0v) is 36.0. The second-order valence-corrected chi connectivity index (χ2v) is 16.2. The Labute approximate surface area is 347 Å². The number of ether oxygens (including phenoxy) is 2. The molecule has 8 atom stereocenters. The van der Waals surface area contributed by atoms with E-state index in [1.165, 1.54) is 25.7 Å². The Morgan fingerprint density at radius 1 is 0.534 bits per heavy atom. The zero-order chi connectivity index (χ0) is 42.9. The van der Waals surface area contributed by atoms with Crippen LogP contribution in [0.1, 0.15) is 149 Å². The first-order valence-corrected chi connectivity index (χ1v) is 23.1. The number of rotatable bonds is 34. The summed E-state index contributed by atoms with van der Waals surface area (Å²) in [6, 6.07) is 0. The third-order valence-electron chi connectivity index (χ3n) is 9.56. The van der Waals surface area contributed by atoms with E-state index in [0.717, 1.165) is 83.5 Å². The third-order valence-corrected chi connectivity index (χ3v) is 10.5. The predicted octanol–water partition coefficient (Wildman–Crippen LogP) is 7.77. The molecule has 0 spiro atoms. The SMILES string of the molecule is CCC/C=C/C/C=C/C/C=C/C/C=C/CCCCCC(=O)O[C@H](COC(=O)CCCCCCC/C=C/CCCCC)COP(=O)(O)OC1C(O)C(O)C(O)[C@@H](O)C1O. The highest BCUT2D eigenvalue weighted by Gasteiger charge is 2.51. The minimum atomic E-state index is -5.13. The van der Waals surface area contributed by atoms with Crippen LogP contribution in [0.4, 0.5) is 0 Å². The maximum atomic E-state index is 12.8. The molecule has 334 valence electrons. The summed E-state index contributed by atoms with van der Waals surface area (Å²) in [5.74, 6) is -1.15. The summed E-state index contributed by atoms with van der Waals surface area (Å²) in [5.41, 5.74) is 0. The van der Waals surface area contributed by atoms with E-state index in [9.17, 15) is 44.6 Å². The Balaban J connectivity index is 2.53. The number of phosphoric ester groups is 1. The van der Waals surface area contributed by atoms with Crippen molar-refractivity contribution in [2.45, 2.75) is 191 Å².